The number of sulfonamides is 1. The summed E-state index contributed by atoms with van der Waals surface area (Å²) in [6.45, 7) is 5.55. The third-order valence-electron chi connectivity index (χ3n) is 5.79. The summed E-state index contributed by atoms with van der Waals surface area (Å²) >= 11 is 0. The number of fused-ring (bicyclic) bond motifs is 2. The molecule has 4 nitrogen and oxygen atoms in total. The molecule has 0 bridgehead atoms. The largest absolute Gasteiger partial charge is 0.299 e. The summed E-state index contributed by atoms with van der Waals surface area (Å²) < 4.78 is 28.5. The number of hydrogen-bond acceptors (Lipinski definition) is 3. The van der Waals surface area contributed by atoms with E-state index in [1.165, 1.54) is 11.1 Å². The number of rotatable bonds is 7. The van der Waals surface area contributed by atoms with E-state index >= 15 is 0 Å². The van der Waals surface area contributed by atoms with Crippen LogP contribution in [-0.2, 0) is 23.0 Å². The second-order valence-corrected chi connectivity index (χ2v) is 9.56. The van der Waals surface area contributed by atoms with Crippen LogP contribution in [-0.4, -0.2) is 33.0 Å². The minimum atomic E-state index is -3.51. The van der Waals surface area contributed by atoms with E-state index in [-0.39, 0.29) is 12.4 Å². The van der Waals surface area contributed by atoms with E-state index in [0.29, 0.717) is 11.4 Å². The first-order chi connectivity index (χ1) is 14.0. The van der Waals surface area contributed by atoms with Gasteiger partial charge >= 0.3 is 0 Å². The molecule has 0 aliphatic carbocycles. The van der Waals surface area contributed by atoms with Crippen LogP contribution in [0.5, 0.6) is 0 Å². The lowest BCUT2D eigenvalue weighted by Crippen LogP contribution is -2.32. The van der Waals surface area contributed by atoms with Crippen LogP contribution in [0, 0.1) is 6.92 Å². The first kappa shape index (κ1) is 22.8. The van der Waals surface area contributed by atoms with Crippen LogP contribution < -0.4 is 4.72 Å². The van der Waals surface area contributed by atoms with Gasteiger partial charge in [0.15, 0.2) is 0 Å². The van der Waals surface area contributed by atoms with Crippen molar-refractivity contribution in [1.82, 2.24) is 9.62 Å². The molecule has 0 unspecified atom stereocenters. The lowest BCUT2D eigenvalue weighted by Gasteiger charge is -2.28. The summed E-state index contributed by atoms with van der Waals surface area (Å²) in [5, 5.41) is 1.77. The Morgan fingerprint density at radius 1 is 0.900 bits per heavy atom. The minimum absolute atomic E-state index is 0. The molecule has 3 aromatic carbocycles. The van der Waals surface area contributed by atoms with Gasteiger partial charge in [-0.3, -0.25) is 4.90 Å². The Hall–Kier alpha value is -1.92. The summed E-state index contributed by atoms with van der Waals surface area (Å²) in [5.41, 5.74) is 3.97. The maximum atomic E-state index is 12.8. The highest BCUT2D eigenvalue weighted by molar-refractivity contribution is 7.89. The zero-order valence-corrected chi connectivity index (χ0v) is 18.9. The molecule has 1 N–H and O–H groups in total. The molecule has 0 spiro atoms. The fourth-order valence-electron chi connectivity index (χ4n) is 4.15. The van der Waals surface area contributed by atoms with Crippen molar-refractivity contribution >= 4 is 33.2 Å². The van der Waals surface area contributed by atoms with Crippen LogP contribution in [0.1, 0.15) is 29.5 Å². The van der Waals surface area contributed by atoms with Crippen LogP contribution in [0.15, 0.2) is 65.6 Å². The average molecular weight is 445 g/mol. The van der Waals surface area contributed by atoms with Gasteiger partial charge in [-0.2, -0.15) is 0 Å². The SMILES string of the molecule is Cc1ccc(S(=O)(=O)NCCCCN2CCc3ccccc3C2)c2ccccc12.Cl. The van der Waals surface area contributed by atoms with Crippen molar-refractivity contribution in [1.29, 1.82) is 0 Å². The van der Waals surface area contributed by atoms with Gasteiger partial charge in [-0.05, 0) is 60.9 Å². The first-order valence-corrected chi connectivity index (χ1v) is 11.8. The third kappa shape index (κ3) is 5.03. The maximum absolute atomic E-state index is 12.8. The van der Waals surface area contributed by atoms with E-state index in [1.807, 2.05) is 37.3 Å². The van der Waals surface area contributed by atoms with Gasteiger partial charge < -0.3 is 0 Å². The Bertz CT molecular complexity index is 1120. The lowest BCUT2D eigenvalue weighted by atomic mass is 10.00. The highest BCUT2D eigenvalue weighted by atomic mass is 35.5. The van der Waals surface area contributed by atoms with Gasteiger partial charge in [0, 0.05) is 25.0 Å². The maximum Gasteiger partial charge on any atom is 0.241 e. The molecular formula is C24H29ClN2O2S. The Kier molecular flexibility index (Phi) is 7.53. The molecule has 0 aromatic heterocycles. The smallest absolute Gasteiger partial charge is 0.241 e. The summed E-state index contributed by atoms with van der Waals surface area (Å²) in [4.78, 5) is 2.83. The predicted octanol–water partition coefficient (Wildman–Crippen LogP) is 4.69. The minimum Gasteiger partial charge on any atom is -0.299 e. The third-order valence-corrected chi connectivity index (χ3v) is 7.31. The number of benzene rings is 3. The second-order valence-electron chi connectivity index (χ2n) is 7.83. The fraction of sp³-hybridized carbons (Fsp3) is 0.333. The Balaban J connectivity index is 0.00000256. The highest BCUT2D eigenvalue weighted by Crippen LogP contribution is 2.25. The average Bonchev–Trinajstić information content (AvgIpc) is 2.73. The molecule has 1 heterocycles. The predicted molar refractivity (Wildman–Crippen MR) is 126 cm³/mol. The molecule has 30 heavy (non-hydrogen) atoms. The van der Waals surface area contributed by atoms with Crippen LogP contribution in [0.3, 0.4) is 0 Å². The van der Waals surface area contributed by atoms with Crippen molar-refractivity contribution < 1.29 is 8.42 Å². The number of nitrogens with zero attached hydrogens (tertiary/aromatic N) is 1. The van der Waals surface area contributed by atoms with Crippen molar-refractivity contribution in [2.75, 3.05) is 19.6 Å². The van der Waals surface area contributed by atoms with Crippen LogP contribution in [0.2, 0.25) is 0 Å². The van der Waals surface area contributed by atoms with Gasteiger partial charge in [0.25, 0.3) is 0 Å². The van der Waals surface area contributed by atoms with E-state index < -0.39 is 10.0 Å². The molecule has 6 heteroatoms. The monoisotopic (exact) mass is 444 g/mol. The Morgan fingerprint density at radius 2 is 1.60 bits per heavy atom. The van der Waals surface area contributed by atoms with Crippen LogP contribution in [0.4, 0.5) is 0 Å². The number of unbranched alkanes of at least 4 members (excludes halogenated alkanes) is 1. The van der Waals surface area contributed by atoms with Crippen molar-refractivity contribution in [2.45, 2.75) is 37.6 Å². The standard InChI is InChI=1S/C24H28N2O2S.ClH/c1-19-12-13-24(23-11-5-4-10-22(19)23)29(27,28)25-15-6-7-16-26-17-14-20-8-2-3-9-21(20)18-26;/h2-5,8-13,25H,6-7,14-18H2,1H3;1H. The molecule has 0 radical (unpaired) electrons. The fourth-order valence-corrected chi connectivity index (χ4v) is 5.43. The van der Waals surface area contributed by atoms with Gasteiger partial charge in [0.2, 0.25) is 10.0 Å². The van der Waals surface area contributed by atoms with E-state index in [2.05, 4.69) is 33.9 Å². The van der Waals surface area contributed by atoms with E-state index in [0.717, 1.165) is 55.2 Å². The molecule has 0 amide bonds. The van der Waals surface area contributed by atoms with Crippen molar-refractivity contribution in [2.24, 2.45) is 0 Å². The molecule has 0 saturated carbocycles. The number of aryl methyl sites for hydroxylation is 1. The molecule has 1 aliphatic heterocycles. The summed E-state index contributed by atoms with van der Waals surface area (Å²) in [6, 6.07) is 19.9. The molecule has 1 aliphatic rings. The number of nitrogens with one attached hydrogen (secondary N) is 1. The molecule has 160 valence electrons. The molecule has 0 fully saturated rings. The second kappa shape index (κ2) is 9.92. The summed E-state index contributed by atoms with van der Waals surface area (Å²) in [6.07, 6.45) is 2.92. The molecule has 4 rings (SSSR count). The summed E-state index contributed by atoms with van der Waals surface area (Å²) in [7, 11) is -3.51. The molecular weight excluding hydrogens is 416 g/mol. The normalized spacial score (nSPS) is 14.3. The van der Waals surface area contributed by atoms with Gasteiger partial charge in [0.1, 0.15) is 0 Å². The number of hydrogen-bond donors (Lipinski definition) is 1. The zero-order valence-electron chi connectivity index (χ0n) is 17.3. The van der Waals surface area contributed by atoms with Crippen LogP contribution in [0.25, 0.3) is 10.8 Å². The first-order valence-electron chi connectivity index (χ1n) is 10.3. The summed E-state index contributed by atoms with van der Waals surface area (Å²) in [5.74, 6) is 0. The lowest BCUT2D eigenvalue weighted by molar-refractivity contribution is 0.249. The van der Waals surface area contributed by atoms with Crippen molar-refractivity contribution in [3.63, 3.8) is 0 Å². The van der Waals surface area contributed by atoms with E-state index in [9.17, 15) is 8.42 Å². The quantitative estimate of drug-likeness (QED) is 0.538. The number of halogens is 1. The molecule has 0 saturated heterocycles. The Labute approximate surface area is 185 Å². The van der Waals surface area contributed by atoms with Gasteiger partial charge in [-0.1, -0.05) is 54.6 Å². The van der Waals surface area contributed by atoms with Gasteiger partial charge in [-0.15, -0.1) is 12.4 Å². The molecule has 3 aromatic rings. The van der Waals surface area contributed by atoms with Crippen molar-refractivity contribution in [3.05, 3.63) is 77.4 Å². The highest BCUT2D eigenvalue weighted by Gasteiger charge is 2.18. The zero-order chi connectivity index (χ0) is 20.3. The molecule has 0 atom stereocenters. The Morgan fingerprint density at radius 3 is 2.40 bits per heavy atom. The van der Waals surface area contributed by atoms with E-state index in [1.54, 1.807) is 6.07 Å². The van der Waals surface area contributed by atoms with Gasteiger partial charge in [0.05, 0.1) is 4.90 Å². The van der Waals surface area contributed by atoms with Gasteiger partial charge in [-0.25, -0.2) is 13.1 Å². The van der Waals surface area contributed by atoms with E-state index in [4.69, 9.17) is 0 Å². The van der Waals surface area contributed by atoms with Crippen molar-refractivity contribution in [3.8, 4) is 0 Å². The topological polar surface area (TPSA) is 49.4 Å². The van der Waals surface area contributed by atoms with Crippen LogP contribution >= 0.6 is 12.4 Å².